The summed E-state index contributed by atoms with van der Waals surface area (Å²) in [4.78, 5) is 37.4. The highest BCUT2D eigenvalue weighted by atomic mass is 16.2. The van der Waals surface area contributed by atoms with Crippen LogP contribution in [0.3, 0.4) is 0 Å². The van der Waals surface area contributed by atoms with Crippen LogP contribution in [0, 0.1) is 6.92 Å². The molecule has 27 heavy (non-hydrogen) atoms. The van der Waals surface area contributed by atoms with Gasteiger partial charge in [-0.1, -0.05) is 19.3 Å². The topological polar surface area (TPSA) is 91.0 Å². The highest BCUT2D eigenvalue weighted by Gasteiger charge is 2.21. The molecule has 2 aromatic heterocycles. The van der Waals surface area contributed by atoms with Crippen LogP contribution in [0.5, 0.6) is 0 Å². The number of amides is 1. The van der Waals surface area contributed by atoms with Crippen molar-refractivity contribution < 1.29 is 4.79 Å². The van der Waals surface area contributed by atoms with E-state index in [0.717, 1.165) is 17.2 Å². The smallest absolute Gasteiger partial charge is 0.253 e. The van der Waals surface area contributed by atoms with Crippen LogP contribution in [0.1, 0.15) is 66.7 Å². The molecule has 1 unspecified atom stereocenters. The summed E-state index contributed by atoms with van der Waals surface area (Å²) in [6.45, 7) is 3.84. The lowest BCUT2D eigenvalue weighted by molar-refractivity contribution is 0.0939. The van der Waals surface area contributed by atoms with E-state index in [4.69, 9.17) is 0 Å². The van der Waals surface area contributed by atoms with Crippen molar-refractivity contribution in [2.75, 3.05) is 11.9 Å². The fourth-order valence-corrected chi connectivity index (χ4v) is 3.60. The summed E-state index contributed by atoms with van der Waals surface area (Å²) < 4.78 is 0. The number of aryl methyl sites for hydroxylation is 1. The highest BCUT2D eigenvalue weighted by molar-refractivity contribution is 5.94. The first kappa shape index (κ1) is 19.1. The van der Waals surface area contributed by atoms with Crippen LogP contribution in [0.4, 0.5) is 5.95 Å². The van der Waals surface area contributed by atoms with E-state index in [1.807, 2.05) is 13.8 Å². The second-order valence-electron chi connectivity index (χ2n) is 7.25. The molecule has 0 spiro atoms. The number of rotatable bonds is 5. The Morgan fingerprint density at radius 2 is 2.04 bits per heavy atom. The van der Waals surface area contributed by atoms with E-state index in [-0.39, 0.29) is 17.5 Å². The third-order valence-corrected chi connectivity index (χ3v) is 5.30. The maximum Gasteiger partial charge on any atom is 0.253 e. The summed E-state index contributed by atoms with van der Waals surface area (Å²) in [5, 5.41) is 2.93. The van der Waals surface area contributed by atoms with Crippen molar-refractivity contribution in [1.82, 2.24) is 20.3 Å². The second-order valence-corrected chi connectivity index (χ2v) is 7.25. The number of H-pyrrole nitrogens is 1. The SMILES string of the molecule is Cc1nc(N(C)C2CCCCC2)ncc1C(C)NC(=O)c1ccc(=O)[nH]c1. The Morgan fingerprint density at radius 3 is 2.67 bits per heavy atom. The molecule has 2 heterocycles. The molecule has 144 valence electrons. The maximum absolute atomic E-state index is 12.4. The van der Waals surface area contributed by atoms with E-state index in [1.165, 1.54) is 50.4 Å². The minimum absolute atomic E-state index is 0.235. The molecule has 1 aliphatic rings. The molecular weight excluding hydrogens is 342 g/mol. The second kappa shape index (κ2) is 8.33. The number of aromatic amines is 1. The largest absolute Gasteiger partial charge is 0.345 e. The Hall–Kier alpha value is -2.70. The van der Waals surface area contributed by atoms with E-state index in [1.54, 1.807) is 6.20 Å². The van der Waals surface area contributed by atoms with Gasteiger partial charge in [-0.2, -0.15) is 0 Å². The number of carbonyl (C=O) groups excluding carboxylic acids is 1. The van der Waals surface area contributed by atoms with E-state index in [0.29, 0.717) is 11.6 Å². The van der Waals surface area contributed by atoms with Gasteiger partial charge in [0.25, 0.3) is 5.91 Å². The number of pyridine rings is 1. The van der Waals surface area contributed by atoms with Crippen LogP contribution in [0.2, 0.25) is 0 Å². The van der Waals surface area contributed by atoms with E-state index in [2.05, 4.69) is 32.2 Å². The fourth-order valence-electron chi connectivity index (χ4n) is 3.60. The molecular formula is C20H27N5O2. The van der Waals surface area contributed by atoms with Gasteiger partial charge in [0, 0.05) is 42.8 Å². The summed E-state index contributed by atoms with van der Waals surface area (Å²) >= 11 is 0. The van der Waals surface area contributed by atoms with E-state index >= 15 is 0 Å². The zero-order chi connectivity index (χ0) is 19.4. The van der Waals surface area contributed by atoms with Crippen LogP contribution < -0.4 is 15.8 Å². The standard InChI is InChI=1S/C20H27N5O2/c1-13(23-19(27)15-9-10-18(26)21-11-15)17-12-22-20(24-14(17)2)25(3)16-7-5-4-6-8-16/h9-13,16H,4-8H2,1-3H3,(H,21,26)(H,23,27). The molecule has 0 aromatic carbocycles. The Labute approximate surface area is 159 Å². The molecule has 2 aromatic rings. The highest BCUT2D eigenvalue weighted by Crippen LogP contribution is 2.25. The zero-order valence-corrected chi connectivity index (χ0v) is 16.2. The van der Waals surface area contributed by atoms with Gasteiger partial charge in [-0.3, -0.25) is 9.59 Å². The molecule has 7 nitrogen and oxygen atoms in total. The van der Waals surface area contributed by atoms with Gasteiger partial charge in [0.05, 0.1) is 11.6 Å². The average molecular weight is 369 g/mol. The molecule has 0 bridgehead atoms. The maximum atomic E-state index is 12.4. The summed E-state index contributed by atoms with van der Waals surface area (Å²) in [5.74, 6) is 0.490. The van der Waals surface area contributed by atoms with E-state index < -0.39 is 0 Å². The normalized spacial score (nSPS) is 16.0. The molecule has 1 fully saturated rings. The number of aromatic nitrogens is 3. The Kier molecular flexibility index (Phi) is 5.88. The number of carbonyl (C=O) groups is 1. The van der Waals surface area contributed by atoms with Crippen molar-refractivity contribution >= 4 is 11.9 Å². The van der Waals surface area contributed by atoms with Gasteiger partial charge in [0.2, 0.25) is 11.5 Å². The van der Waals surface area contributed by atoms with Gasteiger partial charge in [-0.05, 0) is 32.8 Å². The van der Waals surface area contributed by atoms with Crippen molar-refractivity contribution in [3.8, 4) is 0 Å². The molecule has 2 N–H and O–H groups in total. The summed E-state index contributed by atoms with van der Waals surface area (Å²) in [5.41, 5.74) is 1.92. The molecule has 7 heteroatoms. The van der Waals surface area contributed by atoms with Crippen LogP contribution >= 0.6 is 0 Å². The first-order chi connectivity index (χ1) is 13.0. The minimum atomic E-state index is -0.249. The number of nitrogens with one attached hydrogen (secondary N) is 2. The summed E-state index contributed by atoms with van der Waals surface area (Å²) in [7, 11) is 2.06. The molecule has 1 atom stereocenters. The number of hydrogen-bond donors (Lipinski definition) is 2. The van der Waals surface area contributed by atoms with E-state index in [9.17, 15) is 9.59 Å². The van der Waals surface area contributed by atoms with Gasteiger partial charge < -0.3 is 15.2 Å². The average Bonchev–Trinajstić information content (AvgIpc) is 2.68. The van der Waals surface area contributed by atoms with Crippen LogP contribution in [0.15, 0.2) is 29.3 Å². The molecule has 3 rings (SSSR count). The van der Waals surface area contributed by atoms with Crippen molar-refractivity contribution in [1.29, 1.82) is 0 Å². The third kappa shape index (κ3) is 4.53. The number of anilines is 1. The molecule has 0 radical (unpaired) electrons. The molecule has 1 saturated carbocycles. The molecule has 1 amide bonds. The number of hydrogen-bond acceptors (Lipinski definition) is 5. The Bertz CT molecular complexity index is 837. The fraction of sp³-hybridized carbons (Fsp3) is 0.500. The lowest BCUT2D eigenvalue weighted by Crippen LogP contribution is -2.35. The van der Waals surface area contributed by atoms with Gasteiger partial charge in [0.1, 0.15) is 0 Å². The minimum Gasteiger partial charge on any atom is -0.345 e. The van der Waals surface area contributed by atoms with Crippen molar-refractivity contribution in [3.05, 3.63) is 51.7 Å². The van der Waals surface area contributed by atoms with Crippen LogP contribution in [0.25, 0.3) is 0 Å². The molecule has 0 aliphatic heterocycles. The quantitative estimate of drug-likeness (QED) is 0.846. The Balaban J connectivity index is 1.69. The monoisotopic (exact) mass is 369 g/mol. The van der Waals surface area contributed by atoms with Crippen LogP contribution in [-0.2, 0) is 0 Å². The first-order valence-electron chi connectivity index (χ1n) is 9.51. The molecule has 0 saturated heterocycles. The van der Waals surface area contributed by atoms with Crippen molar-refractivity contribution in [3.63, 3.8) is 0 Å². The van der Waals surface area contributed by atoms with Crippen LogP contribution in [-0.4, -0.2) is 33.9 Å². The number of nitrogens with zero attached hydrogens (tertiary/aromatic N) is 3. The van der Waals surface area contributed by atoms with Crippen molar-refractivity contribution in [2.45, 2.75) is 58.0 Å². The lowest BCUT2D eigenvalue weighted by atomic mass is 9.95. The van der Waals surface area contributed by atoms with Gasteiger partial charge in [-0.15, -0.1) is 0 Å². The lowest BCUT2D eigenvalue weighted by Gasteiger charge is -2.31. The first-order valence-corrected chi connectivity index (χ1v) is 9.51. The third-order valence-electron chi connectivity index (χ3n) is 5.30. The zero-order valence-electron chi connectivity index (χ0n) is 16.2. The predicted octanol–water partition coefficient (Wildman–Crippen LogP) is 2.73. The predicted molar refractivity (Wildman–Crippen MR) is 105 cm³/mol. The van der Waals surface area contributed by atoms with Gasteiger partial charge >= 0.3 is 0 Å². The van der Waals surface area contributed by atoms with Gasteiger partial charge in [-0.25, -0.2) is 9.97 Å². The summed E-state index contributed by atoms with van der Waals surface area (Å²) in [6.07, 6.45) is 9.43. The van der Waals surface area contributed by atoms with Crippen molar-refractivity contribution in [2.24, 2.45) is 0 Å². The Morgan fingerprint density at radius 1 is 1.30 bits per heavy atom. The van der Waals surface area contributed by atoms with Gasteiger partial charge in [0.15, 0.2) is 0 Å². The summed E-state index contributed by atoms with van der Waals surface area (Å²) in [6, 6.07) is 3.11. The molecule has 1 aliphatic carbocycles.